The van der Waals surface area contributed by atoms with E-state index in [4.69, 9.17) is 4.74 Å². The Labute approximate surface area is 142 Å². The molecule has 1 aliphatic rings. The molecule has 0 aliphatic heterocycles. The number of carbonyl (C=O) groups excluding carboxylic acids is 2. The van der Waals surface area contributed by atoms with Crippen molar-refractivity contribution in [2.75, 3.05) is 0 Å². The molecule has 4 rings (SSSR count). The molecule has 0 saturated carbocycles. The first kappa shape index (κ1) is 15.0. The van der Waals surface area contributed by atoms with Gasteiger partial charge in [-0.3, -0.25) is 4.79 Å². The fourth-order valence-electron chi connectivity index (χ4n) is 2.86. The van der Waals surface area contributed by atoms with Crippen LogP contribution in [0.4, 0.5) is 0 Å². The van der Waals surface area contributed by atoms with Gasteiger partial charge in [0, 0.05) is 17.2 Å². The molecule has 0 unspecified atom stereocenters. The average Bonchev–Trinajstić information content (AvgIpc) is 2.93. The normalized spacial score (nSPS) is 11.8. The van der Waals surface area contributed by atoms with E-state index in [1.807, 2.05) is 18.2 Å². The molecular formula is C19H12N2O4. The van der Waals surface area contributed by atoms with Gasteiger partial charge in [-0.1, -0.05) is 30.3 Å². The predicted molar refractivity (Wildman–Crippen MR) is 87.6 cm³/mol. The summed E-state index contributed by atoms with van der Waals surface area (Å²) in [5.74, 6) is -0.639. The third-order valence-corrected chi connectivity index (χ3v) is 4.08. The van der Waals surface area contributed by atoms with Crippen LogP contribution in [0, 0.1) is 5.21 Å². The van der Waals surface area contributed by atoms with Gasteiger partial charge in [0.2, 0.25) is 0 Å². The Morgan fingerprint density at radius 3 is 2.60 bits per heavy atom. The summed E-state index contributed by atoms with van der Waals surface area (Å²) in [5, 5.41) is 11.5. The summed E-state index contributed by atoms with van der Waals surface area (Å²) in [6.45, 7) is -0.242. The molecule has 6 heteroatoms. The van der Waals surface area contributed by atoms with Gasteiger partial charge in [0.25, 0.3) is 0 Å². The van der Waals surface area contributed by atoms with Crippen molar-refractivity contribution in [2.45, 2.75) is 6.61 Å². The van der Waals surface area contributed by atoms with E-state index in [2.05, 4.69) is 4.98 Å². The van der Waals surface area contributed by atoms with Gasteiger partial charge in [0.1, 0.15) is 6.20 Å². The van der Waals surface area contributed by atoms with Crippen molar-refractivity contribution >= 4 is 11.8 Å². The highest BCUT2D eigenvalue weighted by Gasteiger charge is 2.27. The summed E-state index contributed by atoms with van der Waals surface area (Å²) in [4.78, 5) is 28.6. The number of esters is 1. The standard InChI is InChI=1S/C19H12N2O4/c22-18-15-5-2-1-4-13(15)14-7-6-12(10-16(14)18)19(23)25-11-17-20-8-3-9-21(17)24/h1-10H,11H2. The zero-order valence-electron chi connectivity index (χ0n) is 13.0. The topological polar surface area (TPSA) is 83.2 Å². The molecule has 0 saturated heterocycles. The van der Waals surface area contributed by atoms with E-state index in [1.54, 1.807) is 18.2 Å². The van der Waals surface area contributed by atoms with Crippen LogP contribution in [-0.4, -0.2) is 16.7 Å². The zero-order chi connectivity index (χ0) is 17.4. The van der Waals surface area contributed by atoms with E-state index in [0.717, 1.165) is 11.1 Å². The van der Waals surface area contributed by atoms with Crippen molar-refractivity contribution in [2.24, 2.45) is 0 Å². The van der Waals surface area contributed by atoms with Gasteiger partial charge < -0.3 is 9.94 Å². The zero-order valence-corrected chi connectivity index (χ0v) is 13.0. The minimum atomic E-state index is -0.614. The van der Waals surface area contributed by atoms with Gasteiger partial charge in [-0.2, -0.15) is 0 Å². The summed E-state index contributed by atoms with van der Waals surface area (Å²) >= 11 is 0. The molecule has 0 radical (unpaired) electrons. The van der Waals surface area contributed by atoms with E-state index in [9.17, 15) is 14.8 Å². The van der Waals surface area contributed by atoms with Crippen LogP contribution in [0.5, 0.6) is 0 Å². The first-order valence-corrected chi connectivity index (χ1v) is 7.63. The molecule has 0 fully saturated rings. The van der Waals surface area contributed by atoms with Gasteiger partial charge in [0.15, 0.2) is 12.4 Å². The van der Waals surface area contributed by atoms with Gasteiger partial charge in [-0.15, -0.1) is 0 Å². The van der Waals surface area contributed by atoms with Crippen LogP contribution < -0.4 is 4.73 Å². The molecule has 25 heavy (non-hydrogen) atoms. The van der Waals surface area contributed by atoms with Gasteiger partial charge >= 0.3 is 11.8 Å². The predicted octanol–water partition coefficient (Wildman–Crippen LogP) is 2.28. The molecule has 2 aromatic carbocycles. The maximum atomic E-state index is 12.5. The third-order valence-electron chi connectivity index (χ3n) is 4.08. The molecule has 122 valence electrons. The molecular weight excluding hydrogens is 320 g/mol. The number of ketones is 1. The van der Waals surface area contributed by atoms with Crippen LogP contribution in [0.2, 0.25) is 0 Å². The van der Waals surface area contributed by atoms with Crippen molar-refractivity contribution in [3.05, 3.63) is 88.6 Å². The Balaban J connectivity index is 1.58. The summed E-state index contributed by atoms with van der Waals surface area (Å²) in [6.07, 6.45) is 2.73. The van der Waals surface area contributed by atoms with Crippen molar-refractivity contribution in [3.8, 4) is 11.1 Å². The molecule has 3 aromatic rings. The Bertz CT molecular complexity index is 1010. The number of ether oxygens (including phenoxy) is 1. The van der Waals surface area contributed by atoms with Crippen LogP contribution in [0.3, 0.4) is 0 Å². The van der Waals surface area contributed by atoms with Crippen molar-refractivity contribution < 1.29 is 19.1 Å². The van der Waals surface area contributed by atoms with Crippen LogP contribution in [-0.2, 0) is 11.3 Å². The number of fused-ring (bicyclic) bond motifs is 3. The quantitative estimate of drug-likeness (QED) is 0.326. The molecule has 0 amide bonds. The molecule has 0 bridgehead atoms. The number of carbonyl (C=O) groups is 2. The van der Waals surface area contributed by atoms with Crippen molar-refractivity contribution in [3.63, 3.8) is 0 Å². The second-order valence-electron chi connectivity index (χ2n) is 5.57. The highest BCUT2D eigenvalue weighted by atomic mass is 16.5. The Kier molecular flexibility index (Phi) is 3.50. The minimum Gasteiger partial charge on any atom is -0.711 e. The lowest BCUT2D eigenvalue weighted by Crippen LogP contribution is -2.33. The van der Waals surface area contributed by atoms with E-state index in [-0.39, 0.29) is 23.8 Å². The van der Waals surface area contributed by atoms with Crippen LogP contribution in [0.1, 0.15) is 32.1 Å². The monoisotopic (exact) mass is 332 g/mol. The Hall–Kier alpha value is -3.54. The van der Waals surface area contributed by atoms with Gasteiger partial charge in [-0.25, -0.2) is 9.52 Å². The fourth-order valence-corrected chi connectivity index (χ4v) is 2.86. The summed E-state index contributed by atoms with van der Waals surface area (Å²) < 4.78 is 5.67. The maximum Gasteiger partial charge on any atom is 0.339 e. The maximum absolute atomic E-state index is 12.5. The molecule has 1 aliphatic carbocycles. The third kappa shape index (κ3) is 2.53. The smallest absolute Gasteiger partial charge is 0.339 e. The molecule has 6 nitrogen and oxygen atoms in total. The van der Waals surface area contributed by atoms with Gasteiger partial charge in [-0.05, 0) is 28.2 Å². The van der Waals surface area contributed by atoms with E-state index >= 15 is 0 Å². The highest BCUT2D eigenvalue weighted by Crippen LogP contribution is 2.36. The number of hydrogen-bond acceptors (Lipinski definition) is 5. The van der Waals surface area contributed by atoms with Crippen LogP contribution >= 0.6 is 0 Å². The van der Waals surface area contributed by atoms with Crippen LogP contribution in [0.15, 0.2) is 60.9 Å². The van der Waals surface area contributed by atoms with Crippen LogP contribution in [0.25, 0.3) is 11.1 Å². The number of benzene rings is 2. The molecule has 1 heterocycles. The second-order valence-corrected chi connectivity index (χ2v) is 5.57. The highest BCUT2D eigenvalue weighted by molar-refractivity contribution is 6.22. The molecule has 0 N–H and O–H groups in total. The van der Waals surface area contributed by atoms with Gasteiger partial charge in [0.05, 0.1) is 11.8 Å². The lowest BCUT2D eigenvalue weighted by atomic mass is 10.0. The first-order chi connectivity index (χ1) is 12.1. The number of nitrogens with zero attached hydrogens (tertiary/aromatic N) is 2. The second kappa shape index (κ2) is 5.83. The number of hydrogen-bond donors (Lipinski definition) is 0. The van der Waals surface area contributed by atoms with E-state index in [1.165, 1.54) is 24.5 Å². The molecule has 0 spiro atoms. The van der Waals surface area contributed by atoms with Crippen molar-refractivity contribution in [1.82, 2.24) is 4.98 Å². The number of rotatable bonds is 3. The molecule has 0 atom stereocenters. The summed E-state index contributed by atoms with van der Waals surface area (Å²) in [6, 6.07) is 13.7. The average molecular weight is 332 g/mol. The van der Waals surface area contributed by atoms with E-state index in [0.29, 0.717) is 15.9 Å². The largest absolute Gasteiger partial charge is 0.711 e. The SMILES string of the molecule is O=C(OCc1nccc[n+]1[O-])c1ccc2c(c1)C(=O)c1ccccc1-2. The summed E-state index contributed by atoms with van der Waals surface area (Å²) in [7, 11) is 0. The first-order valence-electron chi connectivity index (χ1n) is 7.63. The Morgan fingerprint density at radius 2 is 1.80 bits per heavy atom. The lowest BCUT2D eigenvalue weighted by Gasteiger charge is -2.07. The summed E-state index contributed by atoms with van der Waals surface area (Å²) in [5.41, 5.74) is 3.03. The van der Waals surface area contributed by atoms with Crippen molar-refractivity contribution in [1.29, 1.82) is 0 Å². The lowest BCUT2D eigenvalue weighted by molar-refractivity contribution is -0.620. The number of aromatic nitrogens is 2. The Morgan fingerprint density at radius 1 is 1.04 bits per heavy atom. The van der Waals surface area contributed by atoms with E-state index < -0.39 is 5.97 Å². The minimum absolute atomic E-state index is 0.0838. The molecule has 1 aromatic heterocycles. The fraction of sp³-hybridized carbons (Fsp3) is 0.0526.